The molecule has 144 valence electrons. The minimum absolute atomic E-state index is 0.000326. The van der Waals surface area contributed by atoms with Crippen LogP contribution >= 0.6 is 22.9 Å². The van der Waals surface area contributed by atoms with Crippen LogP contribution in [0, 0.1) is 0 Å². The van der Waals surface area contributed by atoms with Gasteiger partial charge in [-0.3, -0.25) is 14.5 Å². The molecule has 1 aromatic heterocycles. The smallest absolute Gasteiger partial charge is 0.296 e. The molecule has 1 amide bonds. The molecular formula is C22H15ClN2O3S. The molecule has 1 atom stereocenters. The van der Waals surface area contributed by atoms with Gasteiger partial charge in [0, 0.05) is 16.6 Å². The first-order valence-electron chi connectivity index (χ1n) is 8.75. The fourth-order valence-corrected chi connectivity index (χ4v) is 4.07. The van der Waals surface area contributed by atoms with E-state index in [1.54, 1.807) is 41.9 Å². The number of hydrogen-bond donors (Lipinski definition) is 1. The second kappa shape index (κ2) is 8.03. The number of amides is 1. The van der Waals surface area contributed by atoms with Crippen molar-refractivity contribution in [2.75, 3.05) is 4.90 Å². The lowest BCUT2D eigenvalue weighted by Gasteiger charge is -2.24. The molecule has 7 heteroatoms. The van der Waals surface area contributed by atoms with Crippen molar-refractivity contribution in [1.29, 1.82) is 0 Å². The molecule has 4 rings (SSSR count). The summed E-state index contributed by atoms with van der Waals surface area (Å²) in [6.45, 7) is 0. The number of ketones is 1. The van der Waals surface area contributed by atoms with Crippen LogP contribution in [0.15, 0.2) is 83.6 Å². The van der Waals surface area contributed by atoms with Gasteiger partial charge in [0.25, 0.3) is 5.91 Å². The Morgan fingerprint density at radius 1 is 1.17 bits per heavy atom. The molecule has 29 heavy (non-hydrogen) atoms. The Labute approximate surface area is 176 Å². The Kier molecular flexibility index (Phi) is 5.29. The normalized spacial score (nSPS) is 16.8. The van der Waals surface area contributed by atoms with Crippen molar-refractivity contribution in [3.63, 3.8) is 0 Å². The van der Waals surface area contributed by atoms with E-state index in [9.17, 15) is 14.7 Å². The van der Waals surface area contributed by atoms with Gasteiger partial charge in [-0.15, -0.1) is 11.3 Å². The molecule has 0 saturated heterocycles. The lowest BCUT2D eigenvalue weighted by Crippen LogP contribution is -2.30. The number of allylic oxidation sites excluding steroid dienone is 1. The number of carbonyl (C=O) groups excluding carboxylic acids is 2. The minimum Gasteiger partial charge on any atom is -0.503 e. The topological polar surface area (TPSA) is 70.5 Å². The van der Waals surface area contributed by atoms with E-state index in [0.717, 1.165) is 5.56 Å². The van der Waals surface area contributed by atoms with E-state index in [4.69, 9.17) is 11.6 Å². The van der Waals surface area contributed by atoms with E-state index in [-0.39, 0.29) is 5.57 Å². The first-order chi connectivity index (χ1) is 14.1. The molecular weight excluding hydrogens is 408 g/mol. The predicted octanol–water partition coefficient (Wildman–Crippen LogP) is 4.98. The number of aromatic nitrogens is 1. The largest absolute Gasteiger partial charge is 0.503 e. The molecule has 3 aromatic rings. The molecule has 0 fully saturated rings. The molecule has 1 unspecified atom stereocenters. The average Bonchev–Trinajstić information content (AvgIpc) is 3.34. The number of nitrogens with zero attached hydrogens (tertiary/aromatic N) is 2. The summed E-state index contributed by atoms with van der Waals surface area (Å²) < 4.78 is 0. The zero-order valence-electron chi connectivity index (χ0n) is 15.0. The fraction of sp³-hybridized carbons (Fsp3) is 0.0455. The Bertz CT molecular complexity index is 1120. The van der Waals surface area contributed by atoms with Crippen LogP contribution in [0.1, 0.15) is 17.2 Å². The lowest BCUT2D eigenvalue weighted by atomic mass is 9.96. The third-order valence-corrected chi connectivity index (χ3v) is 5.50. The zero-order chi connectivity index (χ0) is 20.4. The van der Waals surface area contributed by atoms with Gasteiger partial charge < -0.3 is 5.11 Å². The number of thiazole rings is 1. The van der Waals surface area contributed by atoms with Gasteiger partial charge in [0.2, 0.25) is 0 Å². The van der Waals surface area contributed by atoms with Crippen LogP contribution in [0.25, 0.3) is 6.08 Å². The summed E-state index contributed by atoms with van der Waals surface area (Å²) in [5.74, 6) is -1.70. The molecule has 2 aromatic carbocycles. The third kappa shape index (κ3) is 3.72. The quantitative estimate of drug-likeness (QED) is 0.589. The van der Waals surface area contributed by atoms with Crippen LogP contribution in [0.3, 0.4) is 0 Å². The highest BCUT2D eigenvalue weighted by Gasteiger charge is 2.44. The fourth-order valence-electron chi connectivity index (χ4n) is 3.21. The van der Waals surface area contributed by atoms with Crippen LogP contribution in [-0.4, -0.2) is 21.8 Å². The third-order valence-electron chi connectivity index (χ3n) is 4.49. The van der Waals surface area contributed by atoms with Gasteiger partial charge in [0.05, 0.1) is 11.6 Å². The molecule has 1 aliphatic heterocycles. The molecule has 2 heterocycles. The summed E-state index contributed by atoms with van der Waals surface area (Å²) >= 11 is 7.39. The number of benzene rings is 2. The molecule has 0 saturated carbocycles. The molecule has 0 radical (unpaired) electrons. The van der Waals surface area contributed by atoms with Crippen molar-refractivity contribution in [2.45, 2.75) is 6.04 Å². The van der Waals surface area contributed by atoms with Gasteiger partial charge in [-0.25, -0.2) is 4.98 Å². The highest BCUT2D eigenvalue weighted by atomic mass is 35.5. The first-order valence-corrected chi connectivity index (χ1v) is 10.0. The predicted molar refractivity (Wildman–Crippen MR) is 114 cm³/mol. The molecule has 1 N–H and O–H groups in total. The van der Waals surface area contributed by atoms with Crippen molar-refractivity contribution in [3.8, 4) is 0 Å². The van der Waals surface area contributed by atoms with Crippen LogP contribution in [-0.2, 0) is 9.59 Å². The summed E-state index contributed by atoms with van der Waals surface area (Å²) in [5.41, 5.74) is 1.45. The summed E-state index contributed by atoms with van der Waals surface area (Å²) in [6, 6.07) is 15.4. The maximum Gasteiger partial charge on any atom is 0.296 e. The Balaban J connectivity index is 1.78. The van der Waals surface area contributed by atoms with Gasteiger partial charge in [-0.1, -0.05) is 60.1 Å². The first kappa shape index (κ1) is 19.1. The van der Waals surface area contributed by atoms with E-state index in [2.05, 4.69) is 4.98 Å². The van der Waals surface area contributed by atoms with Gasteiger partial charge in [0.15, 0.2) is 16.7 Å². The summed E-state index contributed by atoms with van der Waals surface area (Å²) in [4.78, 5) is 31.4. The minimum atomic E-state index is -0.819. The van der Waals surface area contributed by atoms with E-state index in [1.165, 1.54) is 22.3 Å². The van der Waals surface area contributed by atoms with Crippen molar-refractivity contribution in [3.05, 3.63) is 99.7 Å². The number of anilines is 1. The van der Waals surface area contributed by atoms with Crippen LogP contribution in [0.2, 0.25) is 5.02 Å². The summed E-state index contributed by atoms with van der Waals surface area (Å²) in [7, 11) is 0. The summed E-state index contributed by atoms with van der Waals surface area (Å²) in [5, 5.41) is 13.2. The lowest BCUT2D eigenvalue weighted by molar-refractivity contribution is -0.117. The van der Waals surface area contributed by atoms with Gasteiger partial charge in [-0.2, -0.15) is 0 Å². The standard InChI is InChI=1S/C22H15ClN2O3S/c23-16-8-4-7-15(13-16)19-18(17(26)10-9-14-5-2-1-3-6-14)20(27)21(28)25(19)22-24-11-12-29-22/h1-13,19,27H/b10-9+. The monoisotopic (exact) mass is 422 g/mol. The van der Waals surface area contributed by atoms with E-state index < -0.39 is 23.5 Å². The van der Waals surface area contributed by atoms with Crippen LogP contribution < -0.4 is 4.90 Å². The van der Waals surface area contributed by atoms with E-state index in [0.29, 0.717) is 15.7 Å². The maximum atomic E-state index is 13.0. The Hall–Kier alpha value is -3.22. The maximum absolute atomic E-state index is 13.0. The number of halogens is 1. The molecule has 0 spiro atoms. The average molecular weight is 423 g/mol. The van der Waals surface area contributed by atoms with Gasteiger partial charge >= 0.3 is 0 Å². The molecule has 5 nitrogen and oxygen atoms in total. The molecule has 0 bridgehead atoms. The van der Waals surface area contributed by atoms with Crippen molar-refractivity contribution >= 4 is 45.8 Å². The Morgan fingerprint density at radius 2 is 1.97 bits per heavy atom. The highest BCUT2D eigenvalue weighted by molar-refractivity contribution is 7.13. The SMILES string of the molecule is O=C(/C=C/c1ccccc1)C1=C(O)C(=O)N(c2nccs2)C1c1cccc(Cl)c1. The van der Waals surface area contributed by atoms with Crippen molar-refractivity contribution < 1.29 is 14.7 Å². The summed E-state index contributed by atoms with van der Waals surface area (Å²) in [6.07, 6.45) is 4.57. The van der Waals surface area contributed by atoms with Crippen molar-refractivity contribution in [1.82, 2.24) is 4.98 Å². The highest BCUT2D eigenvalue weighted by Crippen LogP contribution is 2.42. The van der Waals surface area contributed by atoms with Crippen molar-refractivity contribution in [2.24, 2.45) is 0 Å². The second-order valence-electron chi connectivity index (χ2n) is 6.32. The number of hydrogen-bond acceptors (Lipinski definition) is 5. The number of aliphatic hydroxyl groups is 1. The molecule has 0 aliphatic carbocycles. The van der Waals surface area contributed by atoms with Crippen LogP contribution in [0.5, 0.6) is 0 Å². The van der Waals surface area contributed by atoms with E-state index >= 15 is 0 Å². The van der Waals surface area contributed by atoms with Crippen LogP contribution in [0.4, 0.5) is 5.13 Å². The van der Waals surface area contributed by atoms with E-state index in [1.807, 2.05) is 30.3 Å². The second-order valence-corrected chi connectivity index (χ2v) is 7.63. The number of rotatable bonds is 5. The Morgan fingerprint density at radius 3 is 2.66 bits per heavy atom. The number of aliphatic hydroxyl groups excluding tert-OH is 1. The number of carbonyl (C=O) groups is 2. The van der Waals surface area contributed by atoms with Gasteiger partial charge in [-0.05, 0) is 29.3 Å². The zero-order valence-corrected chi connectivity index (χ0v) is 16.6. The molecule has 1 aliphatic rings. The van der Waals surface area contributed by atoms with Gasteiger partial charge in [0.1, 0.15) is 0 Å².